The fourth-order valence-electron chi connectivity index (χ4n) is 7.01. The van der Waals surface area contributed by atoms with Gasteiger partial charge in [0.1, 0.15) is 17.6 Å². The number of carbonyl (C=O) groups is 3. The lowest BCUT2D eigenvalue weighted by atomic mass is 9.65. The van der Waals surface area contributed by atoms with Crippen LogP contribution in [0.15, 0.2) is 25.3 Å². The summed E-state index contributed by atoms with van der Waals surface area (Å²) in [7, 11) is 0. The lowest BCUT2D eigenvalue weighted by molar-refractivity contribution is -0.163. The third-order valence-corrected chi connectivity index (χ3v) is 8.71. The van der Waals surface area contributed by atoms with Gasteiger partial charge in [0.05, 0.1) is 30.8 Å². The molecule has 1 spiro atoms. The lowest BCUT2D eigenvalue weighted by Gasteiger charge is -2.40. The van der Waals surface area contributed by atoms with Crippen LogP contribution in [0.3, 0.4) is 0 Å². The molecule has 6 atom stereocenters. The summed E-state index contributed by atoms with van der Waals surface area (Å²) < 4.78 is 12.4. The lowest BCUT2D eigenvalue weighted by Crippen LogP contribution is -2.59. The van der Waals surface area contributed by atoms with Gasteiger partial charge in [0.2, 0.25) is 11.8 Å². The number of rotatable bonds is 16. The van der Waals surface area contributed by atoms with Gasteiger partial charge in [-0.05, 0) is 44.4 Å². The van der Waals surface area contributed by atoms with Crippen LogP contribution in [0.1, 0.15) is 79.1 Å². The van der Waals surface area contributed by atoms with Crippen molar-refractivity contribution in [2.75, 3.05) is 26.3 Å². The summed E-state index contributed by atoms with van der Waals surface area (Å²) in [6.07, 6.45) is 8.95. The summed E-state index contributed by atoms with van der Waals surface area (Å²) in [5.74, 6) is -2.32. The number of hydrogen-bond donors (Lipinski definition) is 1. The number of nitrogens with zero attached hydrogens (tertiary/aromatic N) is 2. The van der Waals surface area contributed by atoms with E-state index >= 15 is 0 Å². The fourth-order valence-corrected chi connectivity index (χ4v) is 7.01. The molecular formula is C30H48N2O6. The Balaban J connectivity index is 2.09. The molecule has 8 nitrogen and oxygen atoms in total. The predicted molar refractivity (Wildman–Crippen MR) is 146 cm³/mol. The first-order valence-electron chi connectivity index (χ1n) is 14.5. The van der Waals surface area contributed by atoms with E-state index in [4.69, 9.17) is 9.47 Å². The quantitative estimate of drug-likeness (QED) is 0.184. The number of carbonyl (C=O) groups excluding carboxylic acids is 3. The normalized spacial score (nSPS) is 30.4. The summed E-state index contributed by atoms with van der Waals surface area (Å²) in [5.41, 5.74) is -1.96. The maximum Gasteiger partial charge on any atom is 0.312 e. The van der Waals surface area contributed by atoms with Gasteiger partial charge in [0.25, 0.3) is 0 Å². The number of unbranched alkanes of at least 4 members (excludes halogenated alkanes) is 2. The molecule has 0 radical (unpaired) electrons. The van der Waals surface area contributed by atoms with E-state index < -0.39 is 41.1 Å². The smallest absolute Gasteiger partial charge is 0.312 e. The van der Waals surface area contributed by atoms with E-state index in [1.54, 1.807) is 22.0 Å². The average Bonchev–Trinajstić information content (AvgIpc) is 3.50. The van der Waals surface area contributed by atoms with Gasteiger partial charge in [-0.25, -0.2) is 0 Å². The van der Waals surface area contributed by atoms with Crippen LogP contribution in [-0.4, -0.2) is 82.3 Å². The van der Waals surface area contributed by atoms with Crippen molar-refractivity contribution in [3.05, 3.63) is 25.3 Å². The predicted octanol–water partition coefficient (Wildman–Crippen LogP) is 3.87. The molecule has 3 rings (SSSR count). The summed E-state index contributed by atoms with van der Waals surface area (Å²) >= 11 is 0. The van der Waals surface area contributed by atoms with Crippen molar-refractivity contribution in [3.8, 4) is 0 Å². The van der Waals surface area contributed by atoms with E-state index in [2.05, 4.69) is 20.1 Å². The van der Waals surface area contributed by atoms with Gasteiger partial charge in [-0.15, -0.1) is 13.2 Å². The molecule has 2 unspecified atom stereocenters. The third kappa shape index (κ3) is 5.31. The zero-order valence-corrected chi connectivity index (χ0v) is 23.8. The summed E-state index contributed by atoms with van der Waals surface area (Å²) in [6.45, 7) is 16.5. The van der Waals surface area contributed by atoms with Crippen LogP contribution >= 0.6 is 0 Å². The van der Waals surface area contributed by atoms with Crippen LogP contribution in [0, 0.1) is 17.8 Å². The number of aliphatic hydroxyl groups is 1. The Labute approximate surface area is 228 Å². The maximum atomic E-state index is 14.4. The molecule has 38 heavy (non-hydrogen) atoms. The highest BCUT2D eigenvalue weighted by Gasteiger charge is 2.79. The average molecular weight is 533 g/mol. The number of likely N-dealkylation sites (tertiary alicyclic amines) is 1. The first-order chi connectivity index (χ1) is 18.2. The monoisotopic (exact) mass is 532 g/mol. The zero-order valence-electron chi connectivity index (χ0n) is 23.8. The Morgan fingerprint density at radius 2 is 1.97 bits per heavy atom. The van der Waals surface area contributed by atoms with E-state index in [1.165, 1.54) is 0 Å². The van der Waals surface area contributed by atoms with Crippen molar-refractivity contribution >= 4 is 17.8 Å². The molecule has 3 aliphatic rings. The minimum atomic E-state index is -1.12. The minimum absolute atomic E-state index is 0.188. The van der Waals surface area contributed by atoms with Crippen molar-refractivity contribution in [2.24, 2.45) is 17.8 Å². The van der Waals surface area contributed by atoms with Crippen LogP contribution in [-0.2, 0) is 23.9 Å². The second-order valence-corrected chi connectivity index (χ2v) is 11.6. The van der Waals surface area contributed by atoms with Crippen LogP contribution in [0.25, 0.3) is 0 Å². The standard InChI is InChI=1S/C30H48N2O6/c1-7-11-13-17-31(16-9-3)27(35)25-30-15-14-29(10-4,38-30)24(28(36)37-18-12-8-2)23(30)26(34)32(25)22(20-33)19-21(5)6/h8-9,21-25,33H,2-3,7,10-20H2,1,4-6H3/t22-,23+,24+,25?,29-,30?/m1/s1. The summed E-state index contributed by atoms with van der Waals surface area (Å²) in [4.78, 5) is 45.6. The highest BCUT2D eigenvalue weighted by Crippen LogP contribution is 2.65. The molecular weight excluding hydrogens is 484 g/mol. The second kappa shape index (κ2) is 12.8. The third-order valence-electron chi connectivity index (χ3n) is 8.71. The van der Waals surface area contributed by atoms with Crippen LogP contribution in [0.4, 0.5) is 0 Å². The molecule has 3 aliphatic heterocycles. The molecule has 8 heteroatoms. The van der Waals surface area contributed by atoms with Crippen LogP contribution in [0.5, 0.6) is 0 Å². The molecule has 3 heterocycles. The van der Waals surface area contributed by atoms with E-state index in [1.807, 2.05) is 20.8 Å². The van der Waals surface area contributed by atoms with Gasteiger partial charge in [-0.2, -0.15) is 0 Å². The number of hydrogen-bond acceptors (Lipinski definition) is 6. The minimum Gasteiger partial charge on any atom is -0.465 e. The Morgan fingerprint density at radius 3 is 2.55 bits per heavy atom. The molecule has 214 valence electrons. The SMILES string of the molecule is C=CCCOC(=O)[C@@H]1[C@H]2C(=O)N([C@@H](CO)CC(C)C)C(C(=O)N(CC=C)CCCCC)C23CC[C@@]1(CC)O3. The summed E-state index contributed by atoms with van der Waals surface area (Å²) in [6, 6.07) is -1.45. The second-order valence-electron chi connectivity index (χ2n) is 11.6. The largest absolute Gasteiger partial charge is 0.465 e. The topological polar surface area (TPSA) is 96.4 Å². The fraction of sp³-hybridized carbons (Fsp3) is 0.767. The van der Waals surface area contributed by atoms with E-state index in [0.717, 1.165) is 19.3 Å². The van der Waals surface area contributed by atoms with Gasteiger partial charge < -0.3 is 24.4 Å². The van der Waals surface area contributed by atoms with Gasteiger partial charge in [0.15, 0.2) is 0 Å². The highest BCUT2D eigenvalue weighted by atomic mass is 16.6. The Kier molecular flexibility index (Phi) is 10.2. The van der Waals surface area contributed by atoms with Crippen molar-refractivity contribution in [1.29, 1.82) is 0 Å². The van der Waals surface area contributed by atoms with E-state index in [0.29, 0.717) is 45.2 Å². The molecule has 0 aliphatic carbocycles. The number of ether oxygens (including phenoxy) is 2. The molecule has 0 aromatic carbocycles. The van der Waals surface area contributed by atoms with E-state index in [9.17, 15) is 19.5 Å². The van der Waals surface area contributed by atoms with Gasteiger partial charge in [-0.1, -0.05) is 52.7 Å². The number of esters is 1. The highest BCUT2D eigenvalue weighted by molar-refractivity contribution is 5.98. The Bertz CT molecular complexity index is 890. The van der Waals surface area contributed by atoms with Crippen LogP contribution in [0.2, 0.25) is 0 Å². The molecule has 2 amide bonds. The molecule has 1 N–H and O–H groups in total. The molecule has 3 saturated heterocycles. The first-order valence-corrected chi connectivity index (χ1v) is 14.5. The first kappa shape index (κ1) is 30.4. The number of fused-ring (bicyclic) bond motifs is 1. The Hall–Kier alpha value is -2.19. The van der Waals surface area contributed by atoms with Crippen molar-refractivity contribution in [3.63, 3.8) is 0 Å². The van der Waals surface area contributed by atoms with Crippen molar-refractivity contribution < 1.29 is 29.0 Å². The number of amides is 2. The molecule has 0 saturated carbocycles. The van der Waals surface area contributed by atoms with Crippen molar-refractivity contribution in [2.45, 2.75) is 102 Å². The van der Waals surface area contributed by atoms with Gasteiger partial charge in [-0.3, -0.25) is 14.4 Å². The van der Waals surface area contributed by atoms with Crippen LogP contribution < -0.4 is 0 Å². The van der Waals surface area contributed by atoms with E-state index in [-0.39, 0.29) is 30.9 Å². The Morgan fingerprint density at radius 1 is 1.24 bits per heavy atom. The molecule has 0 aromatic rings. The molecule has 2 bridgehead atoms. The van der Waals surface area contributed by atoms with Gasteiger partial charge >= 0.3 is 5.97 Å². The maximum absolute atomic E-state index is 14.4. The van der Waals surface area contributed by atoms with Gasteiger partial charge in [0, 0.05) is 13.1 Å². The zero-order chi connectivity index (χ0) is 28.1. The van der Waals surface area contributed by atoms with Crippen molar-refractivity contribution in [1.82, 2.24) is 9.80 Å². The summed E-state index contributed by atoms with van der Waals surface area (Å²) in [5, 5.41) is 10.4. The number of aliphatic hydroxyl groups excluding tert-OH is 1. The molecule has 3 fully saturated rings. The molecule has 0 aromatic heterocycles.